The summed E-state index contributed by atoms with van der Waals surface area (Å²) in [6, 6.07) is 11.5. The van der Waals surface area contributed by atoms with Crippen LogP contribution in [0, 0.1) is 5.92 Å². The van der Waals surface area contributed by atoms with Gasteiger partial charge < -0.3 is 4.74 Å². The fourth-order valence-corrected chi connectivity index (χ4v) is 6.61. The molecule has 2 aliphatic carbocycles. The van der Waals surface area contributed by atoms with E-state index < -0.39 is 0 Å². The Hall–Kier alpha value is -3.22. The number of benzene rings is 1. The van der Waals surface area contributed by atoms with Crippen molar-refractivity contribution in [2.45, 2.75) is 69.4 Å². The molecule has 1 amide bonds. The summed E-state index contributed by atoms with van der Waals surface area (Å²) in [6.45, 7) is 0. The summed E-state index contributed by atoms with van der Waals surface area (Å²) in [6.07, 6.45) is 14.0. The van der Waals surface area contributed by atoms with Gasteiger partial charge >= 0.3 is 0 Å². The summed E-state index contributed by atoms with van der Waals surface area (Å²) in [4.78, 5) is 25.3. The smallest absolute Gasteiger partial charge is 0.261 e. The first-order valence-corrected chi connectivity index (χ1v) is 12.6. The first-order valence-electron chi connectivity index (χ1n) is 12.6. The molecule has 1 spiro atoms. The molecule has 1 aliphatic heterocycles. The lowest BCUT2D eigenvalue weighted by atomic mass is 9.64. The maximum absolute atomic E-state index is 14.1. The summed E-state index contributed by atoms with van der Waals surface area (Å²) in [5.74, 6) is 2.40. The van der Waals surface area contributed by atoms with Crippen molar-refractivity contribution in [3.05, 3.63) is 54.4 Å². The van der Waals surface area contributed by atoms with E-state index in [9.17, 15) is 4.79 Å². The van der Waals surface area contributed by atoms with E-state index in [1.165, 1.54) is 25.7 Å². The molecule has 0 unspecified atom stereocenters. The number of rotatable bonds is 3. The maximum atomic E-state index is 14.1. The largest absolute Gasteiger partial charge is 0.497 e. The minimum atomic E-state index is -0.0582. The molecule has 7 heteroatoms. The van der Waals surface area contributed by atoms with E-state index in [2.05, 4.69) is 9.67 Å². The minimum absolute atomic E-state index is 0.0205. The van der Waals surface area contributed by atoms with Crippen LogP contribution in [0.15, 0.2) is 48.8 Å². The highest BCUT2D eigenvalue weighted by atomic mass is 16.5. The van der Waals surface area contributed by atoms with Gasteiger partial charge in [0.1, 0.15) is 5.75 Å². The molecule has 2 aromatic heterocycles. The lowest BCUT2D eigenvalue weighted by Crippen LogP contribution is -2.61. The van der Waals surface area contributed by atoms with Crippen molar-refractivity contribution in [2.24, 2.45) is 5.92 Å². The van der Waals surface area contributed by atoms with Gasteiger partial charge in [0.05, 0.1) is 12.6 Å². The van der Waals surface area contributed by atoms with Gasteiger partial charge in [-0.2, -0.15) is 4.98 Å². The zero-order valence-electron chi connectivity index (χ0n) is 19.7. The third kappa shape index (κ3) is 3.32. The lowest BCUT2D eigenvalue weighted by molar-refractivity contribution is 0.0314. The van der Waals surface area contributed by atoms with Gasteiger partial charge in [0.15, 0.2) is 5.82 Å². The minimum Gasteiger partial charge on any atom is -0.497 e. The highest BCUT2D eigenvalue weighted by Gasteiger charge is 2.55. The van der Waals surface area contributed by atoms with E-state index in [-0.39, 0.29) is 17.5 Å². The van der Waals surface area contributed by atoms with Crippen LogP contribution in [0.3, 0.4) is 0 Å². The molecule has 6 rings (SSSR count). The average Bonchev–Trinajstić information content (AvgIpc) is 3.36. The fourth-order valence-electron chi connectivity index (χ4n) is 6.61. The molecule has 3 aliphatic rings. The Labute approximate surface area is 200 Å². The van der Waals surface area contributed by atoms with E-state index in [4.69, 9.17) is 14.8 Å². The topological polar surface area (TPSA) is 73.1 Å². The maximum Gasteiger partial charge on any atom is 0.261 e. The number of amides is 1. The number of fused-ring (bicyclic) bond motifs is 4. The quantitative estimate of drug-likeness (QED) is 0.539. The van der Waals surface area contributed by atoms with Gasteiger partial charge in [-0.15, -0.1) is 5.10 Å². The standard InChI is InChI=1S/C27H31N5O2/c1-34-21-11-7-9-19(17-21)25(33)31-23-13-4-3-12-22(23)27(14-5-2-6-15-27)32-26(31)29-24(30-32)20-10-8-16-28-18-20/h7-11,16-18,22-23H,2-6,12-15H2,1H3/t22-,23+/m1/s1. The first kappa shape index (κ1) is 21.3. The Balaban J connectivity index is 1.53. The van der Waals surface area contributed by atoms with Crippen LogP contribution >= 0.6 is 0 Å². The Morgan fingerprint density at radius 1 is 1.06 bits per heavy atom. The van der Waals surface area contributed by atoms with E-state index in [1.54, 1.807) is 19.5 Å². The van der Waals surface area contributed by atoms with Crippen LogP contribution in [0.4, 0.5) is 5.95 Å². The molecular formula is C27H31N5O2. The highest BCUT2D eigenvalue weighted by molar-refractivity contribution is 6.06. The second kappa shape index (κ2) is 8.53. The van der Waals surface area contributed by atoms with E-state index >= 15 is 0 Å². The van der Waals surface area contributed by atoms with Crippen LogP contribution in [0.1, 0.15) is 68.1 Å². The Morgan fingerprint density at radius 2 is 1.91 bits per heavy atom. The van der Waals surface area contributed by atoms with Gasteiger partial charge in [-0.05, 0) is 56.0 Å². The van der Waals surface area contributed by atoms with Crippen LogP contribution in [-0.4, -0.2) is 38.8 Å². The predicted octanol–water partition coefficient (Wildman–Crippen LogP) is 5.23. The number of ether oxygens (including phenoxy) is 1. The van der Waals surface area contributed by atoms with Crippen molar-refractivity contribution < 1.29 is 9.53 Å². The molecule has 7 nitrogen and oxygen atoms in total. The lowest BCUT2D eigenvalue weighted by Gasteiger charge is -2.55. The SMILES string of the molecule is COc1cccc(C(=O)N2c3nc(-c4cccnc4)nn3C3(CCCCC3)[C@@H]3CCCC[C@@H]32)c1. The molecule has 34 heavy (non-hydrogen) atoms. The van der Waals surface area contributed by atoms with Crippen LogP contribution < -0.4 is 9.64 Å². The first-order chi connectivity index (χ1) is 16.7. The number of carbonyl (C=O) groups excluding carboxylic acids is 1. The molecule has 1 aromatic carbocycles. The molecule has 0 bridgehead atoms. The Bertz CT molecular complexity index is 1180. The molecule has 2 fully saturated rings. The number of methoxy groups -OCH3 is 1. The number of aromatic nitrogens is 4. The van der Waals surface area contributed by atoms with Crippen LogP contribution in [0.2, 0.25) is 0 Å². The van der Waals surface area contributed by atoms with E-state index in [0.29, 0.717) is 29.0 Å². The summed E-state index contributed by atoms with van der Waals surface area (Å²) in [5, 5.41) is 5.10. The number of carbonyl (C=O) groups is 1. The van der Waals surface area contributed by atoms with Crippen LogP contribution in [0.25, 0.3) is 11.4 Å². The Morgan fingerprint density at radius 3 is 2.71 bits per heavy atom. The molecule has 3 aromatic rings. The van der Waals surface area contributed by atoms with Gasteiger partial charge in [-0.1, -0.05) is 38.2 Å². The number of hydrogen-bond acceptors (Lipinski definition) is 5. The van der Waals surface area contributed by atoms with Crippen molar-refractivity contribution >= 4 is 11.9 Å². The van der Waals surface area contributed by atoms with Crippen molar-refractivity contribution in [3.63, 3.8) is 0 Å². The summed E-state index contributed by atoms with van der Waals surface area (Å²) >= 11 is 0. The number of nitrogens with zero attached hydrogens (tertiary/aromatic N) is 5. The molecule has 2 atom stereocenters. The molecule has 0 saturated heterocycles. The molecule has 176 valence electrons. The number of anilines is 1. The van der Waals surface area contributed by atoms with Crippen LogP contribution in [0.5, 0.6) is 5.75 Å². The Kier molecular flexibility index (Phi) is 5.35. The average molecular weight is 458 g/mol. The summed E-state index contributed by atoms with van der Waals surface area (Å²) in [5.41, 5.74) is 1.45. The zero-order chi connectivity index (χ0) is 23.1. The van der Waals surface area contributed by atoms with Gasteiger partial charge in [0, 0.05) is 35.5 Å². The second-order valence-corrected chi connectivity index (χ2v) is 9.92. The third-order valence-corrected chi connectivity index (χ3v) is 8.15. The molecular weight excluding hydrogens is 426 g/mol. The second-order valence-electron chi connectivity index (χ2n) is 9.92. The van der Waals surface area contributed by atoms with Crippen molar-refractivity contribution in [1.29, 1.82) is 0 Å². The summed E-state index contributed by atoms with van der Waals surface area (Å²) < 4.78 is 7.56. The molecule has 0 N–H and O–H groups in total. The van der Waals surface area contributed by atoms with Gasteiger partial charge in [-0.3, -0.25) is 14.7 Å². The fraction of sp³-hybridized carbons (Fsp3) is 0.481. The predicted molar refractivity (Wildman–Crippen MR) is 130 cm³/mol. The molecule has 3 heterocycles. The number of hydrogen-bond donors (Lipinski definition) is 0. The van der Waals surface area contributed by atoms with E-state index in [0.717, 1.165) is 37.7 Å². The monoisotopic (exact) mass is 457 g/mol. The molecule has 0 radical (unpaired) electrons. The van der Waals surface area contributed by atoms with Crippen molar-refractivity contribution in [3.8, 4) is 17.1 Å². The summed E-state index contributed by atoms with van der Waals surface area (Å²) in [7, 11) is 1.63. The molecule has 2 saturated carbocycles. The van der Waals surface area contributed by atoms with Gasteiger partial charge in [0.25, 0.3) is 5.91 Å². The van der Waals surface area contributed by atoms with Gasteiger partial charge in [0.2, 0.25) is 5.95 Å². The normalized spacial score (nSPS) is 23.3. The van der Waals surface area contributed by atoms with Crippen molar-refractivity contribution in [1.82, 2.24) is 19.7 Å². The van der Waals surface area contributed by atoms with Crippen LogP contribution in [-0.2, 0) is 5.54 Å². The van der Waals surface area contributed by atoms with E-state index in [1.807, 2.05) is 41.3 Å². The highest BCUT2D eigenvalue weighted by Crippen LogP contribution is 2.53. The number of pyridine rings is 1. The van der Waals surface area contributed by atoms with Crippen molar-refractivity contribution in [2.75, 3.05) is 12.0 Å². The zero-order valence-corrected chi connectivity index (χ0v) is 19.7. The third-order valence-electron chi connectivity index (χ3n) is 8.15. The van der Waals surface area contributed by atoms with Gasteiger partial charge in [-0.25, -0.2) is 4.68 Å².